The summed E-state index contributed by atoms with van der Waals surface area (Å²) in [5, 5.41) is 3.78. The number of sulfone groups is 1. The molecule has 5 nitrogen and oxygen atoms in total. The molecule has 0 aliphatic carbocycles. The van der Waals surface area contributed by atoms with Crippen LogP contribution >= 0.6 is 12.2 Å². The molecule has 3 N–H and O–H groups in total. The third-order valence-electron chi connectivity index (χ3n) is 2.14. The zero-order valence-corrected chi connectivity index (χ0v) is 11.8. The summed E-state index contributed by atoms with van der Waals surface area (Å²) in [6.45, 7) is 3.49. The molecule has 0 amide bonds. The first-order chi connectivity index (χ1) is 8.31. The van der Waals surface area contributed by atoms with Gasteiger partial charge in [0.15, 0.2) is 14.9 Å². The van der Waals surface area contributed by atoms with Crippen LogP contribution in [-0.2, 0) is 9.84 Å². The zero-order chi connectivity index (χ0) is 13.8. The van der Waals surface area contributed by atoms with Crippen LogP contribution in [0.2, 0.25) is 0 Å². The quantitative estimate of drug-likeness (QED) is 0.489. The Morgan fingerprint density at radius 2 is 1.94 bits per heavy atom. The van der Waals surface area contributed by atoms with Crippen molar-refractivity contribution in [3.63, 3.8) is 0 Å². The molecule has 0 aliphatic heterocycles. The van der Waals surface area contributed by atoms with E-state index in [0.717, 1.165) is 5.56 Å². The topological polar surface area (TPSA) is 84.5 Å². The Labute approximate surface area is 112 Å². The van der Waals surface area contributed by atoms with E-state index in [9.17, 15) is 8.42 Å². The Balaban J connectivity index is 2.85. The van der Waals surface area contributed by atoms with Gasteiger partial charge in [0.25, 0.3) is 0 Å². The summed E-state index contributed by atoms with van der Waals surface area (Å²) in [6.07, 6.45) is 0. The predicted molar refractivity (Wildman–Crippen MR) is 76.3 cm³/mol. The maximum absolute atomic E-state index is 12.0. The van der Waals surface area contributed by atoms with E-state index >= 15 is 0 Å². The van der Waals surface area contributed by atoms with Crippen LogP contribution in [0, 0.1) is 6.92 Å². The molecule has 7 heteroatoms. The van der Waals surface area contributed by atoms with Crippen LogP contribution in [0.4, 0.5) is 0 Å². The van der Waals surface area contributed by atoms with E-state index in [1.54, 1.807) is 31.2 Å². The molecular weight excluding hydrogens is 270 g/mol. The van der Waals surface area contributed by atoms with Crippen molar-refractivity contribution in [3.8, 4) is 0 Å². The van der Waals surface area contributed by atoms with Gasteiger partial charge in [0.2, 0.25) is 0 Å². The third-order valence-corrected chi connectivity index (χ3v) is 4.02. The maximum atomic E-state index is 12.0. The highest BCUT2D eigenvalue weighted by atomic mass is 32.2. The molecule has 0 fully saturated rings. The molecule has 0 unspecified atom stereocenters. The number of rotatable bonds is 4. The van der Waals surface area contributed by atoms with Crippen molar-refractivity contribution in [2.75, 3.05) is 5.75 Å². The fourth-order valence-electron chi connectivity index (χ4n) is 1.29. The Morgan fingerprint density at radius 1 is 1.39 bits per heavy atom. The minimum absolute atomic E-state index is 0.00193. The highest BCUT2D eigenvalue weighted by molar-refractivity contribution is 7.92. The van der Waals surface area contributed by atoms with E-state index in [1.165, 1.54) is 0 Å². The highest BCUT2D eigenvalue weighted by Gasteiger charge is 2.15. The molecule has 0 radical (unpaired) electrons. The number of benzene rings is 1. The van der Waals surface area contributed by atoms with Gasteiger partial charge < -0.3 is 5.73 Å². The summed E-state index contributed by atoms with van der Waals surface area (Å²) in [6, 6.07) is 6.68. The lowest BCUT2D eigenvalue weighted by molar-refractivity contribution is 0.599. The maximum Gasteiger partial charge on any atom is 0.184 e. The van der Waals surface area contributed by atoms with Crippen molar-refractivity contribution in [1.82, 2.24) is 5.43 Å². The molecule has 0 spiro atoms. The second-order valence-corrected chi connectivity index (χ2v) is 6.32. The largest absolute Gasteiger partial charge is 0.375 e. The van der Waals surface area contributed by atoms with Gasteiger partial charge in [0, 0.05) is 0 Å². The SMILES string of the molecule is C/C(CS(=O)(=O)c1ccc(C)cc1)=N\NC(N)=S. The highest BCUT2D eigenvalue weighted by Crippen LogP contribution is 2.12. The van der Waals surface area contributed by atoms with Gasteiger partial charge in [-0.1, -0.05) is 17.7 Å². The summed E-state index contributed by atoms with van der Waals surface area (Å²) >= 11 is 4.57. The second kappa shape index (κ2) is 5.92. The number of hydrogen-bond donors (Lipinski definition) is 2. The van der Waals surface area contributed by atoms with Gasteiger partial charge in [-0.05, 0) is 38.2 Å². The van der Waals surface area contributed by atoms with Crippen molar-refractivity contribution in [2.45, 2.75) is 18.7 Å². The number of nitrogens with one attached hydrogen (secondary N) is 1. The molecule has 98 valence electrons. The monoisotopic (exact) mass is 285 g/mol. The first kappa shape index (κ1) is 14.6. The molecule has 0 bridgehead atoms. The van der Waals surface area contributed by atoms with Gasteiger partial charge in [-0.3, -0.25) is 5.43 Å². The van der Waals surface area contributed by atoms with Crippen LogP contribution in [0.25, 0.3) is 0 Å². The predicted octanol–water partition coefficient (Wildman–Crippen LogP) is 0.978. The first-order valence-electron chi connectivity index (χ1n) is 5.19. The Morgan fingerprint density at radius 3 is 2.44 bits per heavy atom. The van der Waals surface area contributed by atoms with Gasteiger partial charge in [-0.15, -0.1) is 0 Å². The van der Waals surface area contributed by atoms with Crippen molar-refractivity contribution in [2.24, 2.45) is 10.8 Å². The standard InChI is InChI=1S/C11H15N3O2S2/c1-8-3-5-10(6-4-8)18(15,16)7-9(2)13-14-11(12)17/h3-6H,7H2,1-2H3,(H3,12,14,17)/b13-9+. The van der Waals surface area contributed by atoms with E-state index in [0.29, 0.717) is 5.71 Å². The van der Waals surface area contributed by atoms with Crippen LogP contribution in [0.3, 0.4) is 0 Å². The summed E-state index contributed by atoms with van der Waals surface area (Å²) in [5.41, 5.74) is 8.96. The van der Waals surface area contributed by atoms with Crippen LogP contribution in [0.15, 0.2) is 34.3 Å². The molecule has 18 heavy (non-hydrogen) atoms. The molecule has 0 atom stereocenters. The minimum atomic E-state index is -3.38. The van der Waals surface area contributed by atoms with E-state index in [1.807, 2.05) is 6.92 Å². The van der Waals surface area contributed by atoms with Crippen LogP contribution < -0.4 is 11.2 Å². The molecular formula is C11H15N3O2S2. The van der Waals surface area contributed by atoms with Crippen LogP contribution in [0.1, 0.15) is 12.5 Å². The van der Waals surface area contributed by atoms with Gasteiger partial charge in [-0.2, -0.15) is 5.10 Å². The van der Waals surface area contributed by atoms with Gasteiger partial charge >= 0.3 is 0 Å². The number of thiocarbonyl (C=S) groups is 1. The lowest BCUT2D eigenvalue weighted by Crippen LogP contribution is -2.26. The molecule has 0 heterocycles. The van der Waals surface area contributed by atoms with Gasteiger partial charge in [0.1, 0.15) is 0 Å². The van der Waals surface area contributed by atoms with Crippen molar-refractivity contribution in [3.05, 3.63) is 29.8 Å². The van der Waals surface area contributed by atoms with E-state index in [4.69, 9.17) is 5.73 Å². The number of nitrogens with zero attached hydrogens (tertiary/aromatic N) is 1. The fourth-order valence-corrected chi connectivity index (χ4v) is 2.66. The third kappa shape index (κ3) is 4.42. The summed E-state index contributed by atoms with van der Waals surface area (Å²) < 4.78 is 24.1. The second-order valence-electron chi connectivity index (χ2n) is 3.90. The number of hydrogen-bond acceptors (Lipinski definition) is 4. The van der Waals surface area contributed by atoms with Crippen LogP contribution in [-0.4, -0.2) is 25.0 Å². The van der Waals surface area contributed by atoms with Crippen molar-refractivity contribution in [1.29, 1.82) is 0 Å². The Hall–Kier alpha value is -1.47. The lowest BCUT2D eigenvalue weighted by Gasteiger charge is -2.05. The molecule has 1 aromatic rings. The molecule has 1 aromatic carbocycles. The molecule has 0 saturated carbocycles. The fraction of sp³-hybridized carbons (Fsp3) is 0.273. The van der Waals surface area contributed by atoms with Gasteiger partial charge in [-0.25, -0.2) is 8.42 Å². The van der Waals surface area contributed by atoms with Crippen molar-refractivity contribution >= 4 is 32.9 Å². The normalized spacial score (nSPS) is 12.2. The lowest BCUT2D eigenvalue weighted by atomic mass is 10.2. The average Bonchev–Trinajstić information content (AvgIpc) is 2.26. The molecule has 1 rings (SSSR count). The Bertz CT molecular complexity index is 562. The number of hydrazone groups is 1. The smallest absolute Gasteiger partial charge is 0.184 e. The summed E-state index contributed by atoms with van der Waals surface area (Å²) in [5.74, 6) is -0.175. The van der Waals surface area contributed by atoms with Crippen molar-refractivity contribution < 1.29 is 8.42 Å². The van der Waals surface area contributed by atoms with Crippen LogP contribution in [0.5, 0.6) is 0 Å². The van der Waals surface area contributed by atoms with E-state index in [-0.39, 0.29) is 15.8 Å². The molecule has 0 aromatic heterocycles. The van der Waals surface area contributed by atoms with E-state index in [2.05, 4.69) is 22.7 Å². The van der Waals surface area contributed by atoms with E-state index < -0.39 is 9.84 Å². The first-order valence-corrected chi connectivity index (χ1v) is 7.25. The Kier molecular flexibility index (Phi) is 4.80. The summed E-state index contributed by atoms with van der Waals surface area (Å²) in [7, 11) is -3.38. The molecule has 0 aliphatic rings. The number of aryl methyl sites for hydroxylation is 1. The average molecular weight is 285 g/mol. The zero-order valence-electron chi connectivity index (χ0n) is 10.2. The van der Waals surface area contributed by atoms with Gasteiger partial charge in [0.05, 0.1) is 16.4 Å². The number of nitrogens with two attached hydrogens (primary N) is 1. The minimum Gasteiger partial charge on any atom is -0.375 e. The summed E-state index contributed by atoms with van der Waals surface area (Å²) in [4.78, 5) is 0.276. The molecule has 0 saturated heterocycles.